The Kier molecular flexibility index (Phi) is 3.06. The fraction of sp³-hybridized carbons (Fsp3) is 0.214. The third-order valence-corrected chi connectivity index (χ3v) is 3.12. The fourth-order valence-corrected chi connectivity index (χ4v) is 2.22. The first kappa shape index (κ1) is 13.1. The molecule has 2 aliphatic rings. The number of esters is 1. The molecule has 0 radical (unpaired) electrons. The van der Waals surface area contributed by atoms with Crippen LogP contribution in [0.25, 0.3) is 0 Å². The molecular weight excluding hydrogens is 277 g/mol. The molecule has 0 aromatic heterocycles. The Bertz CT molecular complexity index is 708. The van der Waals surface area contributed by atoms with Crippen LogP contribution in [0, 0.1) is 18.2 Å². The van der Waals surface area contributed by atoms with Crippen molar-refractivity contribution in [1.29, 1.82) is 0 Å². The predicted octanol–water partition coefficient (Wildman–Crippen LogP) is 0.907. The molecule has 21 heavy (non-hydrogen) atoms. The number of anilines is 2. The summed E-state index contributed by atoms with van der Waals surface area (Å²) in [6, 6.07) is 2.47. The maximum atomic E-state index is 14.1. The first-order valence-corrected chi connectivity index (χ1v) is 6.18. The molecule has 6 nitrogen and oxygen atoms in total. The van der Waals surface area contributed by atoms with Crippen LogP contribution in [0.3, 0.4) is 0 Å². The molecule has 2 aliphatic heterocycles. The molecule has 0 atom stereocenters. The van der Waals surface area contributed by atoms with Gasteiger partial charge in [-0.25, -0.2) is 9.18 Å². The Hall–Kier alpha value is -2.88. The highest BCUT2D eigenvalue weighted by molar-refractivity contribution is 6.06. The van der Waals surface area contributed by atoms with Crippen molar-refractivity contribution in [2.24, 2.45) is 5.10 Å². The van der Waals surface area contributed by atoms with Crippen molar-refractivity contribution in [3.63, 3.8) is 0 Å². The highest BCUT2D eigenvalue weighted by Crippen LogP contribution is 2.38. The minimum atomic E-state index is -0.698. The summed E-state index contributed by atoms with van der Waals surface area (Å²) >= 11 is 0. The number of carbonyl (C=O) groups excluding carboxylic acids is 2. The van der Waals surface area contributed by atoms with Gasteiger partial charge in [-0.05, 0) is 6.07 Å². The molecule has 0 N–H and O–H groups in total. The SMILES string of the molecule is C#CCN1CC(=O)Oc2cc(F)c(N3N=CCC3=O)cc21. The average Bonchev–Trinajstić information content (AvgIpc) is 2.84. The van der Waals surface area contributed by atoms with Crippen LogP contribution in [-0.4, -0.2) is 31.2 Å². The van der Waals surface area contributed by atoms with Crippen LogP contribution >= 0.6 is 0 Å². The standard InChI is InChI=1S/C14H10FN3O3/c1-2-5-17-8-14(20)21-12-6-9(15)10(7-11(12)17)18-13(19)3-4-16-18/h1,4,6-7H,3,5,8H2. The quantitative estimate of drug-likeness (QED) is 0.461. The lowest BCUT2D eigenvalue weighted by molar-refractivity contribution is -0.133. The second-order valence-electron chi connectivity index (χ2n) is 4.51. The third kappa shape index (κ3) is 2.21. The van der Waals surface area contributed by atoms with E-state index >= 15 is 0 Å². The van der Waals surface area contributed by atoms with E-state index < -0.39 is 11.8 Å². The second kappa shape index (κ2) is 4.90. The van der Waals surface area contributed by atoms with Crippen LogP contribution in [0.2, 0.25) is 0 Å². The van der Waals surface area contributed by atoms with Gasteiger partial charge in [0.2, 0.25) is 0 Å². The van der Waals surface area contributed by atoms with Crippen LogP contribution in [0.5, 0.6) is 5.75 Å². The molecular formula is C14H10FN3O3. The Morgan fingerprint density at radius 3 is 2.86 bits per heavy atom. The van der Waals surface area contributed by atoms with Crippen molar-refractivity contribution in [3.8, 4) is 18.1 Å². The molecule has 7 heteroatoms. The van der Waals surface area contributed by atoms with Gasteiger partial charge in [0.25, 0.3) is 5.91 Å². The summed E-state index contributed by atoms with van der Waals surface area (Å²) in [5, 5.41) is 4.82. The monoisotopic (exact) mass is 287 g/mol. The Balaban J connectivity index is 2.08. The number of fused-ring (bicyclic) bond motifs is 1. The predicted molar refractivity (Wildman–Crippen MR) is 73.7 cm³/mol. The minimum Gasteiger partial charge on any atom is -0.423 e. The number of hydrogen-bond acceptors (Lipinski definition) is 5. The van der Waals surface area contributed by atoms with Gasteiger partial charge >= 0.3 is 5.97 Å². The molecule has 0 fully saturated rings. The van der Waals surface area contributed by atoms with Crippen molar-refractivity contribution < 1.29 is 18.7 Å². The summed E-state index contributed by atoms with van der Waals surface area (Å²) in [6.45, 7) is 0.143. The first-order chi connectivity index (χ1) is 10.1. The molecule has 0 spiro atoms. The molecule has 1 amide bonds. The molecule has 0 saturated heterocycles. The second-order valence-corrected chi connectivity index (χ2v) is 4.51. The number of benzene rings is 1. The summed E-state index contributed by atoms with van der Waals surface area (Å²) in [6.07, 6.45) is 6.80. The summed E-state index contributed by atoms with van der Waals surface area (Å²) in [4.78, 5) is 24.7. The summed E-state index contributed by atoms with van der Waals surface area (Å²) in [5.41, 5.74) is 0.464. The molecule has 3 rings (SSSR count). The van der Waals surface area contributed by atoms with Gasteiger partial charge < -0.3 is 9.64 Å². The van der Waals surface area contributed by atoms with Gasteiger partial charge in [0.1, 0.15) is 12.2 Å². The number of rotatable bonds is 2. The van der Waals surface area contributed by atoms with Gasteiger partial charge in [0, 0.05) is 12.3 Å². The zero-order valence-electron chi connectivity index (χ0n) is 10.9. The highest BCUT2D eigenvalue weighted by atomic mass is 19.1. The van der Waals surface area contributed by atoms with E-state index in [0.717, 1.165) is 11.1 Å². The molecule has 0 aliphatic carbocycles. The minimum absolute atomic E-state index is 0.00692. The molecule has 0 bridgehead atoms. The Morgan fingerprint density at radius 2 is 2.19 bits per heavy atom. The summed E-state index contributed by atoms with van der Waals surface area (Å²) < 4.78 is 19.1. The number of carbonyl (C=O) groups is 2. The van der Waals surface area contributed by atoms with Gasteiger partial charge in [-0.1, -0.05) is 5.92 Å². The van der Waals surface area contributed by atoms with Crippen LogP contribution in [0.1, 0.15) is 6.42 Å². The maximum Gasteiger partial charge on any atom is 0.331 e. The molecule has 106 valence electrons. The van der Waals surface area contributed by atoms with Crippen molar-refractivity contribution in [2.45, 2.75) is 6.42 Å². The van der Waals surface area contributed by atoms with Crippen LogP contribution in [0.4, 0.5) is 15.8 Å². The number of amides is 1. The number of terminal acetylenes is 1. The van der Waals surface area contributed by atoms with E-state index in [1.165, 1.54) is 12.3 Å². The van der Waals surface area contributed by atoms with Crippen LogP contribution in [-0.2, 0) is 9.59 Å². The topological polar surface area (TPSA) is 62.2 Å². The van der Waals surface area contributed by atoms with Gasteiger partial charge in [-0.15, -0.1) is 6.42 Å². The average molecular weight is 287 g/mol. The summed E-state index contributed by atoms with van der Waals surface area (Å²) in [5.74, 6) is 0.967. The van der Waals surface area contributed by atoms with E-state index in [4.69, 9.17) is 11.2 Å². The van der Waals surface area contributed by atoms with E-state index in [2.05, 4.69) is 11.0 Å². The van der Waals surface area contributed by atoms with E-state index in [9.17, 15) is 14.0 Å². The van der Waals surface area contributed by atoms with E-state index in [1.54, 1.807) is 4.90 Å². The van der Waals surface area contributed by atoms with Crippen molar-refractivity contribution in [1.82, 2.24) is 0 Å². The number of nitrogens with zero attached hydrogens (tertiary/aromatic N) is 3. The molecule has 1 aromatic rings. The van der Waals surface area contributed by atoms with Gasteiger partial charge in [0.15, 0.2) is 11.6 Å². The lowest BCUT2D eigenvalue weighted by atomic mass is 10.2. The third-order valence-electron chi connectivity index (χ3n) is 3.12. The van der Waals surface area contributed by atoms with Crippen LogP contribution in [0.15, 0.2) is 17.2 Å². The zero-order chi connectivity index (χ0) is 15.0. The van der Waals surface area contributed by atoms with Crippen molar-refractivity contribution in [3.05, 3.63) is 17.9 Å². The maximum absolute atomic E-state index is 14.1. The highest BCUT2D eigenvalue weighted by Gasteiger charge is 2.29. The Labute approximate surface area is 119 Å². The number of hydrogen-bond donors (Lipinski definition) is 0. The number of ether oxygens (including phenoxy) is 1. The molecule has 1 aromatic carbocycles. The van der Waals surface area contributed by atoms with Crippen molar-refractivity contribution in [2.75, 3.05) is 23.0 Å². The van der Waals surface area contributed by atoms with Gasteiger partial charge in [0.05, 0.1) is 18.7 Å². The van der Waals surface area contributed by atoms with Crippen molar-refractivity contribution >= 4 is 29.5 Å². The normalized spacial score (nSPS) is 16.8. The van der Waals surface area contributed by atoms with Crippen LogP contribution < -0.4 is 14.6 Å². The fourth-order valence-electron chi connectivity index (χ4n) is 2.22. The lowest BCUT2D eigenvalue weighted by Crippen LogP contribution is -2.37. The summed E-state index contributed by atoms with van der Waals surface area (Å²) in [7, 11) is 0. The van der Waals surface area contributed by atoms with Gasteiger partial charge in [-0.2, -0.15) is 10.1 Å². The Morgan fingerprint density at radius 1 is 1.38 bits per heavy atom. The lowest BCUT2D eigenvalue weighted by Gasteiger charge is -2.29. The molecule has 2 heterocycles. The number of halogens is 1. The van der Waals surface area contributed by atoms with E-state index in [1.807, 2.05) is 0 Å². The van der Waals surface area contributed by atoms with E-state index in [-0.39, 0.29) is 36.9 Å². The molecule has 0 saturated carbocycles. The smallest absolute Gasteiger partial charge is 0.331 e. The number of hydrazone groups is 1. The first-order valence-electron chi connectivity index (χ1n) is 6.18. The van der Waals surface area contributed by atoms with E-state index in [0.29, 0.717) is 5.69 Å². The largest absolute Gasteiger partial charge is 0.423 e. The molecule has 0 unspecified atom stereocenters. The van der Waals surface area contributed by atoms with Gasteiger partial charge in [-0.3, -0.25) is 4.79 Å². The zero-order valence-corrected chi connectivity index (χ0v) is 10.9.